The van der Waals surface area contributed by atoms with Gasteiger partial charge < -0.3 is 4.74 Å². The van der Waals surface area contributed by atoms with Gasteiger partial charge in [-0.15, -0.1) is 0 Å². The molecule has 0 spiro atoms. The Morgan fingerprint density at radius 3 is 2.59 bits per heavy atom. The first kappa shape index (κ1) is 17.1. The van der Waals surface area contributed by atoms with Crippen molar-refractivity contribution < 1.29 is 31.3 Å². The summed E-state index contributed by atoms with van der Waals surface area (Å²) in [5.74, 6) is -0.841. The van der Waals surface area contributed by atoms with Crippen molar-refractivity contribution in [2.24, 2.45) is 11.3 Å². The van der Waals surface area contributed by atoms with Crippen LogP contribution in [0.5, 0.6) is 0 Å². The van der Waals surface area contributed by atoms with Gasteiger partial charge in [-0.1, -0.05) is 30.2 Å². The first-order valence-electron chi connectivity index (χ1n) is 6.85. The average molecular weight is 336 g/mol. The molecule has 0 radical (unpaired) electrons. The van der Waals surface area contributed by atoms with Crippen LogP contribution in [0.4, 0.5) is 8.78 Å². The largest absolute Gasteiger partial charge is 0.457 e. The Hall–Kier alpha value is -1.28. The molecule has 3 rings (SSSR count). The topological polar surface area (TPSA) is 80.7 Å². The van der Waals surface area contributed by atoms with E-state index in [1.165, 1.54) is 5.57 Å². The number of ether oxygens (including phenoxy) is 1. The first-order valence-corrected chi connectivity index (χ1v) is 8.29. The van der Waals surface area contributed by atoms with E-state index in [1.54, 1.807) is 13.0 Å². The van der Waals surface area contributed by atoms with Crippen molar-refractivity contribution in [3.05, 3.63) is 23.3 Å². The second-order valence-corrected chi connectivity index (χ2v) is 7.82. The van der Waals surface area contributed by atoms with Gasteiger partial charge in [0.15, 0.2) is 6.61 Å². The molecule has 1 fully saturated rings. The van der Waals surface area contributed by atoms with Crippen LogP contribution in [0.2, 0.25) is 0 Å². The lowest BCUT2D eigenvalue weighted by molar-refractivity contribution is -0.158. The third-order valence-corrected chi connectivity index (χ3v) is 4.78. The van der Waals surface area contributed by atoms with Gasteiger partial charge in [0.2, 0.25) is 0 Å². The molecule has 3 aliphatic rings. The zero-order valence-electron chi connectivity index (χ0n) is 12.3. The molecule has 1 N–H and O–H groups in total. The van der Waals surface area contributed by atoms with E-state index in [-0.39, 0.29) is 5.92 Å². The molecule has 1 saturated carbocycles. The number of alkyl halides is 2. The van der Waals surface area contributed by atoms with Gasteiger partial charge in [0.25, 0.3) is 0 Å². The first-order chi connectivity index (χ1) is 9.93. The van der Waals surface area contributed by atoms with Gasteiger partial charge >= 0.3 is 21.3 Å². The summed E-state index contributed by atoms with van der Waals surface area (Å²) in [4.78, 5) is 12.2. The van der Waals surface area contributed by atoms with Crippen LogP contribution in [0.1, 0.15) is 33.1 Å². The summed E-state index contributed by atoms with van der Waals surface area (Å²) in [5, 5.41) is -4.51. The highest BCUT2D eigenvalue weighted by molar-refractivity contribution is 7.86. The molecule has 0 aromatic rings. The Labute approximate surface area is 127 Å². The maximum Gasteiger partial charge on any atom is 0.402 e. The standard InChI is InChI=1S/C14H18F2O5S/c1-9-3-10-4-11(5-10)7-13(2,6-9)12(17)21-8-14(15,16)22(18,19)20/h3,7,9H,4-6,8H2,1-2H3,(H,18,19,20). The normalized spacial score (nSPS) is 28.7. The molecule has 0 aromatic carbocycles. The Balaban J connectivity index is 2.11. The van der Waals surface area contributed by atoms with Crippen LogP contribution < -0.4 is 0 Å². The van der Waals surface area contributed by atoms with Gasteiger partial charge in [-0.25, -0.2) is 0 Å². The smallest absolute Gasteiger partial charge is 0.402 e. The van der Waals surface area contributed by atoms with Crippen molar-refractivity contribution in [1.82, 2.24) is 0 Å². The minimum absolute atomic E-state index is 0.0766. The number of allylic oxidation sites excluding steroid dienone is 3. The van der Waals surface area contributed by atoms with E-state index in [0.717, 1.165) is 18.4 Å². The van der Waals surface area contributed by atoms with Gasteiger partial charge in [0, 0.05) is 0 Å². The van der Waals surface area contributed by atoms with Crippen molar-refractivity contribution in [2.45, 2.75) is 38.4 Å². The Morgan fingerprint density at radius 2 is 2.05 bits per heavy atom. The lowest BCUT2D eigenvalue weighted by atomic mass is 9.71. The second kappa shape index (κ2) is 5.42. The van der Waals surface area contributed by atoms with Crippen molar-refractivity contribution in [1.29, 1.82) is 0 Å². The summed E-state index contributed by atoms with van der Waals surface area (Å²) in [5.41, 5.74) is 1.25. The fourth-order valence-corrected chi connectivity index (χ4v) is 3.13. The summed E-state index contributed by atoms with van der Waals surface area (Å²) in [6.07, 6.45) is 5.72. The molecule has 5 nitrogen and oxygen atoms in total. The van der Waals surface area contributed by atoms with Crippen LogP contribution in [-0.2, 0) is 19.6 Å². The third kappa shape index (κ3) is 3.38. The molecule has 2 unspecified atom stereocenters. The van der Waals surface area contributed by atoms with E-state index in [9.17, 15) is 22.0 Å². The van der Waals surface area contributed by atoms with E-state index in [1.807, 2.05) is 6.92 Å². The van der Waals surface area contributed by atoms with E-state index in [2.05, 4.69) is 10.8 Å². The summed E-state index contributed by atoms with van der Waals surface area (Å²) >= 11 is 0. The molecule has 0 saturated heterocycles. The third-order valence-electron chi connectivity index (χ3n) is 3.91. The molecule has 2 bridgehead atoms. The lowest BCUT2D eigenvalue weighted by Gasteiger charge is -2.34. The number of esters is 1. The Morgan fingerprint density at radius 1 is 1.45 bits per heavy atom. The molecular formula is C14H18F2O5S. The molecule has 124 valence electrons. The molecule has 3 aliphatic carbocycles. The molecule has 8 heteroatoms. The molecule has 0 heterocycles. The molecule has 22 heavy (non-hydrogen) atoms. The molecule has 0 aromatic heterocycles. The minimum Gasteiger partial charge on any atom is -0.457 e. The van der Waals surface area contributed by atoms with Crippen molar-refractivity contribution in [2.75, 3.05) is 6.61 Å². The number of carbonyl (C=O) groups is 1. The van der Waals surface area contributed by atoms with Crippen LogP contribution >= 0.6 is 0 Å². The average Bonchev–Trinajstić information content (AvgIpc) is 2.29. The summed E-state index contributed by atoms with van der Waals surface area (Å²) in [6.45, 7) is 1.81. The summed E-state index contributed by atoms with van der Waals surface area (Å²) < 4.78 is 60.3. The summed E-state index contributed by atoms with van der Waals surface area (Å²) in [6, 6.07) is 0. The number of halogens is 2. The van der Waals surface area contributed by atoms with Crippen molar-refractivity contribution in [3.8, 4) is 0 Å². The second-order valence-electron chi connectivity index (χ2n) is 6.27. The predicted molar refractivity (Wildman–Crippen MR) is 74.7 cm³/mol. The quantitative estimate of drug-likeness (QED) is 0.485. The van der Waals surface area contributed by atoms with Crippen LogP contribution in [-0.4, -0.2) is 30.8 Å². The highest BCUT2D eigenvalue weighted by Crippen LogP contribution is 2.43. The fourth-order valence-electron chi connectivity index (χ4n) is 2.92. The monoisotopic (exact) mass is 336 g/mol. The summed E-state index contributed by atoms with van der Waals surface area (Å²) in [7, 11) is -5.61. The van der Waals surface area contributed by atoms with Gasteiger partial charge in [0.1, 0.15) is 0 Å². The highest BCUT2D eigenvalue weighted by Gasteiger charge is 2.47. The number of hydrogen-bond acceptors (Lipinski definition) is 4. The number of fused-ring (bicyclic) bond motifs is 4. The van der Waals surface area contributed by atoms with Crippen LogP contribution in [0, 0.1) is 11.3 Å². The van der Waals surface area contributed by atoms with Crippen LogP contribution in [0.3, 0.4) is 0 Å². The van der Waals surface area contributed by atoms with Crippen molar-refractivity contribution >= 4 is 16.1 Å². The van der Waals surface area contributed by atoms with Crippen molar-refractivity contribution in [3.63, 3.8) is 0 Å². The van der Waals surface area contributed by atoms with Gasteiger partial charge in [0.05, 0.1) is 5.41 Å². The van der Waals surface area contributed by atoms with Crippen LogP contribution in [0.25, 0.3) is 0 Å². The number of carbonyl (C=O) groups excluding carboxylic acids is 1. The Kier molecular flexibility index (Phi) is 4.20. The maximum atomic E-state index is 13.1. The lowest BCUT2D eigenvalue weighted by Crippen LogP contribution is -2.38. The zero-order valence-corrected chi connectivity index (χ0v) is 13.1. The van der Waals surface area contributed by atoms with Gasteiger partial charge in [-0.2, -0.15) is 17.2 Å². The minimum atomic E-state index is -5.61. The Bertz CT molecular complexity index is 640. The van der Waals surface area contributed by atoms with Gasteiger partial charge in [-0.3, -0.25) is 9.35 Å². The zero-order chi connectivity index (χ0) is 16.8. The molecule has 0 aliphatic heterocycles. The molecular weight excluding hydrogens is 318 g/mol. The van der Waals surface area contributed by atoms with E-state index in [4.69, 9.17) is 4.55 Å². The number of hydrogen-bond donors (Lipinski definition) is 1. The van der Waals surface area contributed by atoms with E-state index < -0.39 is 33.4 Å². The number of rotatable bonds is 4. The van der Waals surface area contributed by atoms with E-state index in [0.29, 0.717) is 6.42 Å². The van der Waals surface area contributed by atoms with E-state index >= 15 is 0 Å². The molecule has 0 amide bonds. The SMILES string of the molecule is CC1C=C2CC(=CC(C)(C(=O)OCC(F)(F)S(=O)(=O)O)C1)C2. The fraction of sp³-hybridized carbons (Fsp3) is 0.643. The predicted octanol–water partition coefficient (Wildman–Crippen LogP) is 2.70. The van der Waals surface area contributed by atoms with Crippen LogP contribution in [0.15, 0.2) is 23.3 Å². The highest BCUT2D eigenvalue weighted by atomic mass is 32.2. The van der Waals surface area contributed by atoms with Gasteiger partial charge in [-0.05, 0) is 32.1 Å². The molecule has 2 atom stereocenters. The maximum absolute atomic E-state index is 13.1.